The molecular formula is C14H22ClN3O2. The van der Waals surface area contributed by atoms with E-state index >= 15 is 0 Å². The summed E-state index contributed by atoms with van der Waals surface area (Å²) in [7, 11) is 1.59. The van der Waals surface area contributed by atoms with Crippen LogP contribution in [0.5, 0.6) is 0 Å². The number of nitrogens with one attached hydrogen (secondary N) is 1. The highest BCUT2D eigenvalue weighted by atomic mass is 35.5. The molecule has 112 valence electrons. The van der Waals surface area contributed by atoms with Crippen LogP contribution in [-0.4, -0.2) is 48.6 Å². The van der Waals surface area contributed by atoms with Gasteiger partial charge in [0.05, 0.1) is 6.04 Å². The van der Waals surface area contributed by atoms with Crippen LogP contribution in [-0.2, 0) is 9.53 Å². The van der Waals surface area contributed by atoms with Crippen LogP contribution >= 0.6 is 12.4 Å². The number of amides is 1. The lowest BCUT2D eigenvalue weighted by Gasteiger charge is -2.38. The van der Waals surface area contributed by atoms with Gasteiger partial charge in [-0.15, -0.1) is 12.4 Å². The van der Waals surface area contributed by atoms with Crippen LogP contribution in [0.15, 0.2) is 24.5 Å². The number of halogens is 1. The first kappa shape index (κ1) is 16.9. The second-order valence-corrected chi connectivity index (χ2v) is 4.67. The Morgan fingerprint density at radius 3 is 3.05 bits per heavy atom. The number of carbonyl (C=O) groups excluding carboxylic acids is 1. The van der Waals surface area contributed by atoms with E-state index in [2.05, 4.69) is 10.3 Å². The van der Waals surface area contributed by atoms with Gasteiger partial charge in [0.15, 0.2) is 0 Å². The van der Waals surface area contributed by atoms with Gasteiger partial charge in [0, 0.05) is 39.1 Å². The zero-order chi connectivity index (χ0) is 13.7. The first-order chi connectivity index (χ1) is 9.27. The Morgan fingerprint density at radius 1 is 1.65 bits per heavy atom. The number of aromatic nitrogens is 1. The number of rotatable bonds is 4. The van der Waals surface area contributed by atoms with Crippen LogP contribution in [0.3, 0.4) is 0 Å². The summed E-state index contributed by atoms with van der Waals surface area (Å²) >= 11 is 0. The van der Waals surface area contributed by atoms with Crippen molar-refractivity contribution in [2.24, 2.45) is 0 Å². The van der Waals surface area contributed by atoms with E-state index in [-0.39, 0.29) is 30.5 Å². The van der Waals surface area contributed by atoms with Crippen LogP contribution in [0, 0.1) is 0 Å². The van der Waals surface area contributed by atoms with Crippen molar-refractivity contribution in [1.82, 2.24) is 15.2 Å². The number of nitrogens with zero attached hydrogens (tertiary/aromatic N) is 2. The molecule has 1 aromatic rings. The van der Waals surface area contributed by atoms with Crippen molar-refractivity contribution in [1.29, 1.82) is 0 Å². The molecule has 1 aromatic heterocycles. The highest BCUT2D eigenvalue weighted by Gasteiger charge is 2.31. The molecule has 0 aliphatic carbocycles. The minimum Gasteiger partial charge on any atom is -0.372 e. The number of piperazine rings is 1. The summed E-state index contributed by atoms with van der Waals surface area (Å²) in [5.41, 5.74) is 1.06. The largest absolute Gasteiger partial charge is 0.372 e. The van der Waals surface area contributed by atoms with Crippen LogP contribution in [0.2, 0.25) is 0 Å². The molecule has 0 aromatic carbocycles. The van der Waals surface area contributed by atoms with E-state index in [0.29, 0.717) is 13.0 Å². The first-order valence-electron chi connectivity index (χ1n) is 6.71. The molecule has 0 spiro atoms. The van der Waals surface area contributed by atoms with Crippen molar-refractivity contribution in [3.63, 3.8) is 0 Å². The highest BCUT2D eigenvalue weighted by molar-refractivity contribution is 5.85. The average Bonchev–Trinajstić information content (AvgIpc) is 2.49. The molecule has 1 aliphatic heterocycles. The fraction of sp³-hybridized carbons (Fsp3) is 0.571. The van der Waals surface area contributed by atoms with Gasteiger partial charge in [-0.25, -0.2) is 0 Å². The number of hydrogen-bond donors (Lipinski definition) is 1. The second kappa shape index (κ2) is 8.19. The average molecular weight is 300 g/mol. The molecule has 1 amide bonds. The number of carbonyl (C=O) groups is 1. The van der Waals surface area contributed by atoms with E-state index in [1.807, 2.05) is 30.2 Å². The molecule has 2 unspecified atom stereocenters. The third-order valence-electron chi connectivity index (χ3n) is 3.53. The van der Waals surface area contributed by atoms with Gasteiger partial charge in [-0.05, 0) is 18.1 Å². The van der Waals surface area contributed by atoms with E-state index in [4.69, 9.17) is 4.74 Å². The van der Waals surface area contributed by atoms with Crippen LogP contribution < -0.4 is 5.32 Å². The first-order valence-corrected chi connectivity index (χ1v) is 6.71. The van der Waals surface area contributed by atoms with Crippen molar-refractivity contribution in [3.8, 4) is 0 Å². The number of methoxy groups -OCH3 is 1. The van der Waals surface area contributed by atoms with Crippen molar-refractivity contribution in [2.45, 2.75) is 25.5 Å². The van der Waals surface area contributed by atoms with Gasteiger partial charge in [-0.1, -0.05) is 13.0 Å². The molecule has 2 atom stereocenters. The van der Waals surface area contributed by atoms with Crippen LogP contribution in [0.25, 0.3) is 0 Å². The predicted molar refractivity (Wildman–Crippen MR) is 79.9 cm³/mol. The lowest BCUT2D eigenvalue weighted by Crippen LogP contribution is -2.51. The van der Waals surface area contributed by atoms with Gasteiger partial charge in [-0.3, -0.25) is 9.78 Å². The molecule has 0 bridgehead atoms. The topological polar surface area (TPSA) is 54.5 Å². The molecule has 2 heterocycles. The van der Waals surface area contributed by atoms with Crippen LogP contribution in [0.4, 0.5) is 0 Å². The third kappa shape index (κ3) is 3.69. The van der Waals surface area contributed by atoms with E-state index in [9.17, 15) is 4.79 Å². The molecule has 2 rings (SSSR count). The zero-order valence-electron chi connectivity index (χ0n) is 11.9. The molecule has 1 N–H and O–H groups in total. The van der Waals surface area contributed by atoms with Gasteiger partial charge in [0.1, 0.15) is 6.10 Å². The minimum absolute atomic E-state index is 0. The highest BCUT2D eigenvalue weighted by Crippen LogP contribution is 2.23. The molecule has 1 fully saturated rings. The molecule has 1 aliphatic rings. The van der Waals surface area contributed by atoms with Gasteiger partial charge in [0.25, 0.3) is 5.91 Å². The van der Waals surface area contributed by atoms with E-state index in [1.54, 1.807) is 13.3 Å². The molecule has 1 saturated heterocycles. The fourth-order valence-electron chi connectivity index (χ4n) is 2.47. The quantitative estimate of drug-likeness (QED) is 0.913. The maximum absolute atomic E-state index is 12.5. The van der Waals surface area contributed by atoms with E-state index in [0.717, 1.165) is 18.7 Å². The minimum atomic E-state index is -0.350. The Labute approximate surface area is 126 Å². The molecular weight excluding hydrogens is 278 g/mol. The fourth-order valence-corrected chi connectivity index (χ4v) is 2.47. The summed E-state index contributed by atoms with van der Waals surface area (Å²) in [4.78, 5) is 18.5. The second-order valence-electron chi connectivity index (χ2n) is 4.67. The monoisotopic (exact) mass is 299 g/mol. The summed E-state index contributed by atoms with van der Waals surface area (Å²) in [5.74, 6) is 0.0698. The standard InChI is InChI=1S/C14H21N3O2.ClH/c1-3-13(19-2)14(18)17-8-7-16-10-12(17)11-5-4-6-15-9-11;/h4-6,9,12-13,16H,3,7-8,10H2,1-2H3;1H. The SMILES string of the molecule is CCC(OC)C(=O)N1CCNCC1c1cccnc1.Cl. The lowest BCUT2D eigenvalue weighted by atomic mass is 10.0. The van der Waals surface area contributed by atoms with E-state index in [1.165, 1.54) is 0 Å². The summed E-state index contributed by atoms with van der Waals surface area (Å²) < 4.78 is 5.27. The van der Waals surface area contributed by atoms with E-state index < -0.39 is 0 Å². The maximum Gasteiger partial charge on any atom is 0.252 e. The maximum atomic E-state index is 12.5. The third-order valence-corrected chi connectivity index (χ3v) is 3.53. The van der Waals surface area contributed by atoms with Gasteiger partial charge >= 0.3 is 0 Å². The Morgan fingerprint density at radius 2 is 2.45 bits per heavy atom. The van der Waals surface area contributed by atoms with Crippen molar-refractivity contribution >= 4 is 18.3 Å². The molecule has 6 heteroatoms. The number of hydrogen-bond acceptors (Lipinski definition) is 4. The van der Waals surface area contributed by atoms with Gasteiger partial charge < -0.3 is 15.0 Å². The number of pyridine rings is 1. The summed E-state index contributed by atoms with van der Waals surface area (Å²) in [5, 5.41) is 3.33. The summed E-state index contributed by atoms with van der Waals surface area (Å²) in [6, 6.07) is 3.96. The Kier molecular flexibility index (Phi) is 6.91. The van der Waals surface area contributed by atoms with Crippen molar-refractivity contribution < 1.29 is 9.53 Å². The zero-order valence-corrected chi connectivity index (χ0v) is 12.7. The molecule has 5 nitrogen and oxygen atoms in total. The van der Waals surface area contributed by atoms with Crippen LogP contribution in [0.1, 0.15) is 24.9 Å². The smallest absolute Gasteiger partial charge is 0.252 e. The Balaban J connectivity index is 0.00000200. The predicted octanol–water partition coefficient (Wildman–Crippen LogP) is 1.40. The molecule has 0 radical (unpaired) electrons. The van der Waals surface area contributed by atoms with Gasteiger partial charge in [0.2, 0.25) is 0 Å². The molecule has 0 saturated carbocycles. The molecule has 20 heavy (non-hydrogen) atoms. The van der Waals surface area contributed by atoms with Crippen molar-refractivity contribution in [3.05, 3.63) is 30.1 Å². The normalized spacial score (nSPS) is 20.1. The summed E-state index contributed by atoms with van der Waals surface area (Å²) in [6.45, 7) is 4.26. The number of ether oxygens (including phenoxy) is 1. The lowest BCUT2D eigenvalue weighted by molar-refractivity contribution is -0.145. The Bertz CT molecular complexity index is 412. The van der Waals surface area contributed by atoms with Gasteiger partial charge in [-0.2, -0.15) is 0 Å². The Hall–Kier alpha value is -1.17. The summed E-state index contributed by atoms with van der Waals surface area (Å²) in [6.07, 6.45) is 3.91. The van der Waals surface area contributed by atoms with Crippen molar-refractivity contribution in [2.75, 3.05) is 26.7 Å².